The van der Waals surface area contributed by atoms with Crippen molar-refractivity contribution in [3.8, 4) is 0 Å². The van der Waals surface area contributed by atoms with Crippen LogP contribution < -0.4 is 4.90 Å². The van der Waals surface area contributed by atoms with Crippen molar-refractivity contribution in [2.45, 2.75) is 12.2 Å². The largest absolute Gasteiger partial charge is 0.365 e. The summed E-state index contributed by atoms with van der Waals surface area (Å²) in [5.74, 6) is -0.979. The Morgan fingerprint density at radius 1 is 0.818 bits per heavy atom. The molecular weight excluding hydrogens is 278 g/mol. The van der Waals surface area contributed by atoms with E-state index in [1.807, 2.05) is 54.6 Å². The van der Waals surface area contributed by atoms with Crippen LogP contribution in [0.3, 0.4) is 0 Å². The molecule has 0 radical (unpaired) electrons. The first-order valence-corrected chi connectivity index (χ1v) is 7.44. The molecule has 108 valence electrons. The van der Waals surface area contributed by atoms with Gasteiger partial charge in [0.15, 0.2) is 0 Å². The van der Waals surface area contributed by atoms with E-state index in [4.69, 9.17) is 4.74 Å². The van der Waals surface area contributed by atoms with Crippen molar-refractivity contribution < 1.29 is 14.3 Å². The van der Waals surface area contributed by atoms with E-state index in [1.54, 1.807) is 0 Å². The minimum Gasteiger partial charge on any atom is -0.365 e. The molecule has 2 saturated heterocycles. The van der Waals surface area contributed by atoms with Crippen molar-refractivity contribution in [1.29, 1.82) is 0 Å². The highest BCUT2D eigenvalue weighted by atomic mass is 16.5. The van der Waals surface area contributed by atoms with Crippen molar-refractivity contribution in [2.24, 2.45) is 11.8 Å². The quantitative estimate of drug-likeness (QED) is 0.598. The maximum absolute atomic E-state index is 12.7. The smallest absolute Gasteiger partial charge is 0.240 e. The van der Waals surface area contributed by atoms with Crippen LogP contribution >= 0.6 is 0 Å². The van der Waals surface area contributed by atoms with Crippen molar-refractivity contribution in [2.75, 3.05) is 4.90 Å². The Kier molecular flexibility index (Phi) is 2.23. The fourth-order valence-electron chi connectivity index (χ4n) is 3.87. The first kappa shape index (κ1) is 12.1. The number of carbonyl (C=O) groups excluding carboxylic acids is 2. The number of benzene rings is 2. The lowest BCUT2D eigenvalue weighted by atomic mass is 9.85. The monoisotopic (exact) mass is 291 g/mol. The van der Waals surface area contributed by atoms with Gasteiger partial charge in [-0.15, -0.1) is 0 Å². The van der Waals surface area contributed by atoms with Crippen LogP contribution in [0.5, 0.6) is 0 Å². The van der Waals surface area contributed by atoms with Gasteiger partial charge in [0.2, 0.25) is 11.8 Å². The molecular formula is C18H13NO3. The van der Waals surface area contributed by atoms with E-state index < -0.39 is 0 Å². The number of imide groups is 1. The Bertz CT molecular complexity index is 826. The molecule has 4 nitrogen and oxygen atoms in total. The highest BCUT2D eigenvalue weighted by Gasteiger charge is 2.60. The third kappa shape index (κ3) is 1.40. The standard InChI is InChI=1S/C18H13NO3/c20-17-15-13-7-8-14(22-13)16(15)18(21)19(17)12-6-5-10-3-1-2-4-11(10)9-12/h1-9,13-16H. The maximum Gasteiger partial charge on any atom is 0.240 e. The number of fused-ring (bicyclic) bond motifs is 6. The fourth-order valence-corrected chi connectivity index (χ4v) is 3.87. The third-order valence-corrected chi connectivity index (χ3v) is 4.90. The van der Waals surface area contributed by atoms with E-state index in [2.05, 4.69) is 0 Å². The molecule has 2 aromatic carbocycles. The summed E-state index contributed by atoms with van der Waals surface area (Å²) in [5.41, 5.74) is 0.655. The first-order chi connectivity index (χ1) is 10.7. The zero-order valence-electron chi connectivity index (χ0n) is 11.7. The molecule has 0 aliphatic carbocycles. The number of hydrogen-bond acceptors (Lipinski definition) is 3. The molecule has 0 aromatic heterocycles. The summed E-state index contributed by atoms with van der Waals surface area (Å²) >= 11 is 0. The minimum atomic E-state index is -0.353. The van der Waals surface area contributed by atoms with E-state index >= 15 is 0 Å². The number of anilines is 1. The zero-order chi connectivity index (χ0) is 14.8. The number of amides is 2. The summed E-state index contributed by atoms with van der Waals surface area (Å²) in [7, 11) is 0. The average Bonchev–Trinajstić information content (AvgIpc) is 3.21. The van der Waals surface area contributed by atoms with Gasteiger partial charge < -0.3 is 4.74 Å². The first-order valence-electron chi connectivity index (χ1n) is 7.44. The normalized spacial score (nSPS) is 32.3. The molecule has 0 saturated carbocycles. The number of carbonyl (C=O) groups is 2. The summed E-state index contributed by atoms with van der Waals surface area (Å²) in [6.07, 6.45) is 3.33. The summed E-state index contributed by atoms with van der Waals surface area (Å²) in [6.45, 7) is 0. The maximum atomic E-state index is 12.7. The molecule has 2 bridgehead atoms. The van der Waals surface area contributed by atoms with Gasteiger partial charge in [-0.25, -0.2) is 4.90 Å². The lowest BCUT2D eigenvalue weighted by Gasteiger charge is -2.18. The second kappa shape index (κ2) is 4.05. The molecule has 3 heterocycles. The highest BCUT2D eigenvalue weighted by molar-refractivity contribution is 6.23. The van der Waals surface area contributed by atoms with Gasteiger partial charge >= 0.3 is 0 Å². The van der Waals surface area contributed by atoms with Gasteiger partial charge in [-0.1, -0.05) is 42.5 Å². The van der Waals surface area contributed by atoms with Gasteiger partial charge in [-0.2, -0.15) is 0 Å². The summed E-state index contributed by atoms with van der Waals surface area (Å²) in [6, 6.07) is 13.6. The second-order valence-electron chi connectivity index (χ2n) is 6.05. The SMILES string of the molecule is O=C1C2C3C=CC(O3)C2C(=O)N1c1ccc2ccccc2c1. The molecule has 5 rings (SSSR count). The Balaban J connectivity index is 1.60. The number of nitrogens with zero attached hydrogens (tertiary/aromatic N) is 1. The van der Waals surface area contributed by atoms with Gasteiger partial charge in [0.05, 0.1) is 29.7 Å². The minimum absolute atomic E-state index is 0.137. The molecule has 22 heavy (non-hydrogen) atoms. The van der Waals surface area contributed by atoms with Crippen LogP contribution in [0.15, 0.2) is 54.6 Å². The van der Waals surface area contributed by atoms with E-state index in [0.717, 1.165) is 10.8 Å². The average molecular weight is 291 g/mol. The fraction of sp³-hybridized carbons (Fsp3) is 0.222. The molecule has 2 aromatic rings. The molecule has 4 atom stereocenters. The predicted molar refractivity (Wildman–Crippen MR) is 81.2 cm³/mol. The van der Waals surface area contributed by atoms with Crippen LogP contribution in [0, 0.1) is 11.8 Å². The lowest BCUT2D eigenvalue weighted by Crippen LogP contribution is -2.34. The van der Waals surface area contributed by atoms with E-state index in [0.29, 0.717) is 5.69 Å². The Hall–Kier alpha value is -2.46. The molecule has 2 amide bonds. The highest BCUT2D eigenvalue weighted by Crippen LogP contribution is 2.46. The summed E-state index contributed by atoms with van der Waals surface area (Å²) < 4.78 is 5.66. The van der Waals surface area contributed by atoms with Crippen LogP contribution in [0.2, 0.25) is 0 Å². The Morgan fingerprint density at radius 3 is 2.14 bits per heavy atom. The molecule has 3 aliphatic heterocycles. The van der Waals surface area contributed by atoms with Crippen molar-refractivity contribution >= 4 is 28.3 Å². The van der Waals surface area contributed by atoms with Crippen molar-refractivity contribution in [3.05, 3.63) is 54.6 Å². The molecule has 3 aliphatic rings. The molecule has 2 fully saturated rings. The zero-order valence-corrected chi connectivity index (χ0v) is 11.7. The summed E-state index contributed by atoms with van der Waals surface area (Å²) in [5, 5.41) is 2.12. The Labute approximate surface area is 127 Å². The van der Waals surface area contributed by atoms with E-state index in [9.17, 15) is 9.59 Å². The van der Waals surface area contributed by atoms with Gasteiger partial charge in [-0.05, 0) is 22.9 Å². The van der Waals surface area contributed by atoms with Crippen LogP contribution in [0.1, 0.15) is 0 Å². The van der Waals surface area contributed by atoms with Crippen molar-refractivity contribution in [3.63, 3.8) is 0 Å². The van der Waals surface area contributed by atoms with Gasteiger partial charge in [0.25, 0.3) is 0 Å². The molecule has 0 N–H and O–H groups in total. The van der Waals surface area contributed by atoms with Crippen molar-refractivity contribution in [1.82, 2.24) is 0 Å². The number of ether oxygens (including phenoxy) is 1. The van der Waals surface area contributed by atoms with Crippen LogP contribution in [-0.2, 0) is 14.3 Å². The van der Waals surface area contributed by atoms with Gasteiger partial charge in [0.1, 0.15) is 0 Å². The van der Waals surface area contributed by atoms with E-state index in [-0.39, 0.29) is 35.9 Å². The summed E-state index contributed by atoms with van der Waals surface area (Å²) in [4.78, 5) is 26.8. The van der Waals surface area contributed by atoms with Crippen LogP contribution in [0.4, 0.5) is 5.69 Å². The molecule has 4 unspecified atom stereocenters. The number of rotatable bonds is 1. The van der Waals surface area contributed by atoms with Gasteiger partial charge in [-0.3, -0.25) is 9.59 Å². The molecule has 0 spiro atoms. The van der Waals surface area contributed by atoms with Crippen LogP contribution in [0.25, 0.3) is 10.8 Å². The van der Waals surface area contributed by atoms with Gasteiger partial charge in [0, 0.05) is 0 Å². The molecule has 4 heteroatoms. The Morgan fingerprint density at radius 2 is 1.45 bits per heavy atom. The lowest BCUT2D eigenvalue weighted by molar-refractivity contribution is -0.124. The van der Waals surface area contributed by atoms with E-state index in [1.165, 1.54) is 4.90 Å². The second-order valence-corrected chi connectivity index (χ2v) is 6.05. The topological polar surface area (TPSA) is 46.6 Å². The predicted octanol–water partition coefficient (Wildman–Crippen LogP) is 2.28. The third-order valence-electron chi connectivity index (χ3n) is 4.90. The number of hydrogen-bond donors (Lipinski definition) is 0. The van der Waals surface area contributed by atoms with Crippen LogP contribution in [-0.4, -0.2) is 24.0 Å².